The summed E-state index contributed by atoms with van der Waals surface area (Å²) in [5.74, 6) is 0. The third-order valence-electron chi connectivity index (χ3n) is 1.93. The lowest BCUT2D eigenvalue weighted by Gasteiger charge is -1.93. The number of allylic oxidation sites excluding steroid dienone is 1. The van der Waals surface area contributed by atoms with Crippen molar-refractivity contribution in [1.29, 1.82) is 0 Å². The van der Waals surface area contributed by atoms with Crippen molar-refractivity contribution in [1.82, 2.24) is 0 Å². The van der Waals surface area contributed by atoms with Crippen molar-refractivity contribution in [3.63, 3.8) is 0 Å². The van der Waals surface area contributed by atoms with E-state index in [-0.39, 0.29) is 9.52 Å². The minimum Gasteiger partial charge on any atom is -0.0850 e. The molecular formula is C9H10Si. The molecule has 2 rings (SSSR count). The van der Waals surface area contributed by atoms with Crippen molar-refractivity contribution in [2.75, 3.05) is 0 Å². The Morgan fingerprint density at radius 2 is 2.00 bits per heavy atom. The van der Waals surface area contributed by atoms with Crippen LogP contribution in [0.4, 0.5) is 0 Å². The van der Waals surface area contributed by atoms with Crippen molar-refractivity contribution < 1.29 is 0 Å². The van der Waals surface area contributed by atoms with Gasteiger partial charge in [0.05, 0.1) is 9.52 Å². The minimum absolute atomic E-state index is 0.0229. The smallest absolute Gasteiger partial charge is 0.0828 e. The highest BCUT2D eigenvalue weighted by molar-refractivity contribution is 6.65. The van der Waals surface area contributed by atoms with Gasteiger partial charge in [0.15, 0.2) is 0 Å². The SMILES string of the molecule is CC1=Cc2ccccc2[SiH2]1. The average Bonchev–Trinajstić information content (AvgIpc) is 2.27. The normalized spacial score (nSPS) is 17.1. The van der Waals surface area contributed by atoms with Crippen LogP contribution in [0.25, 0.3) is 6.08 Å². The molecule has 1 aliphatic rings. The molecule has 0 atom stereocenters. The van der Waals surface area contributed by atoms with E-state index in [4.69, 9.17) is 0 Å². The van der Waals surface area contributed by atoms with Gasteiger partial charge in [0.25, 0.3) is 0 Å². The van der Waals surface area contributed by atoms with Crippen LogP contribution in [0.15, 0.2) is 29.5 Å². The largest absolute Gasteiger partial charge is 0.0850 e. The lowest BCUT2D eigenvalue weighted by atomic mass is 10.2. The molecule has 0 aliphatic carbocycles. The van der Waals surface area contributed by atoms with Gasteiger partial charge in [-0.2, -0.15) is 0 Å². The second-order valence-corrected chi connectivity index (χ2v) is 5.10. The first-order valence-corrected chi connectivity index (χ1v) is 5.03. The van der Waals surface area contributed by atoms with E-state index in [1.54, 1.807) is 10.4 Å². The van der Waals surface area contributed by atoms with Crippen LogP contribution in [-0.4, -0.2) is 9.52 Å². The molecule has 0 saturated heterocycles. The maximum Gasteiger partial charge on any atom is 0.0828 e. The van der Waals surface area contributed by atoms with E-state index in [9.17, 15) is 0 Å². The maximum atomic E-state index is 2.32. The molecule has 0 N–H and O–H groups in total. The summed E-state index contributed by atoms with van der Waals surface area (Å²) < 4.78 is 0. The Kier molecular flexibility index (Phi) is 1.24. The standard InChI is InChI=1S/C9H10Si/c1-7-6-8-4-2-3-5-9(8)10-7/h2-6H,10H2,1H3. The van der Waals surface area contributed by atoms with E-state index in [2.05, 4.69) is 37.3 Å². The summed E-state index contributed by atoms with van der Waals surface area (Å²) in [5.41, 5.74) is 1.46. The van der Waals surface area contributed by atoms with Crippen molar-refractivity contribution >= 4 is 20.8 Å². The number of hydrogen-bond donors (Lipinski definition) is 0. The number of fused-ring (bicyclic) bond motifs is 1. The zero-order valence-corrected chi connectivity index (χ0v) is 7.51. The van der Waals surface area contributed by atoms with Crippen molar-refractivity contribution in [2.45, 2.75) is 6.92 Å². The van der Waals surface area contributed by atoms with Gasteiger partial charge in [0.1, 0.15) is 0 Å². The Labute approximate surface area is 63.4 Å². The fourth-order valence-electron chi connectivity index (χ4n) is 1.45. The molecule has 0 radical (unpaired) electrons. The number of benzene rings is 1. The molecule has 0 spiro atoms. The molecule has 0 bridgehead atoms. The maximum absolute atomic E-state index is 2.32. The quantitative estimate of drug-likeness (QED) is 0.476. The first kappa shape index (κ1) is 5.92. The Morgan fingerprint density at radius 3 is 2.80 bits per heavy atom. The van der Waals surface area contributed by atoms with E-state index in [0.717, 1.165) is 0 Å². The molecule has 0 saturated carbocycles. The van der Waals surface area contributed by atoms with E-state index < -0.39 is 0 Å². The van der Waals surface area contributed by atoms with E-state index in [1.807, 2.05) is 0 Å². The average molecular weight is 146 g/mol. The molecule has 0 nitrogen and oxygen atoms in total. The predicted molar refractivity (Wildman–Crippen MR) is 48.3 cm³/mol. The molecule has 1 heteroatoms. The molecule has 0 unspecified atom stereocenters. The van der Waals surface area contributed by atoms with Gasteiger partial charge in [0.2, 0.25) is 0 Å². The molecule has 0 aromatic heterocycles. The highest BCUT2D eigenvalue weighted by atomic mass is 28.2. The van der Waals surface area contributed by atoms with Gasteiger partial charge >= 0.3 is 0 Å². The molecule has 10 heavy (non-hydrogen) atoms. The van der Waals surface area contributed by atoms with Gasteiger partial charge in [-0.1, -0.05) is 40.7 Å². The lowest BCUT2D eigenvalue weighted by molar-refractivity contribution is 1.70. The molecule has 1 aromatic rings. The predicted octanol–water partition coefficient (Wildman–Crippen LogP) is 0.855. The summed E-state index contributed by atoms with van der Waals surface area (Å²) in [5, 5.41) is 3.22. The Balaban J connectivity index is 2.54. The van der Waals surface area contributed by atoms with Crippen LogP contribution in [0, 0.1) is 0 Å². The number of hydrogen-bond acceptors (Lipinski definition) is 0. The molecule has 1 aromatic carbocycles. The summed E-state index contributed by atoms with van der Waals surface area (Å²) in [6.45, 7) is 2.24. The fourth-order valence-corrected chi connectivity index (χ4v) is 3.05. The molecular weight excluding hydrogens is 136 g/mol. The lowest BCUT2D eigenvalue weighted by Crippen LogP contribution is -2.11. The van der Waals surface area contributed by atoms with Gasteiger partial charge in [-0.25, -0.2) is 0 Å². The summed E-state index contributed by atoms with van der Waals surface area (Å²) >= 11 is 0. The summed E-state index contributed by atoms with van der Waals surface area (Å²) in [4.78, 5) is 0. The molecule has 0 fully saturated rings. The first-order valence-electron chi connectivity index (χ1n) is 3.61. The van der Waals surface area contributed by atoms with Gasteiger partial charge in [-0.3, -0.25) is 0 Å². The molecule has 1 heterocycles. The van der Waals surface area contributed by atoms with Crippen molar-refractivity contribution in [3.8, 4) is 0 Å². The van der Waals surface area contributed by atoms with Crippen LogP contribution >= 0.6 is 0 Å². The van der Waals surface area contributed by atoms with Crippen LogP contribution in [0.2, 0.25) is 0 Å². The highest BCUT2D eigenvalue weighted by Gasteiger charge is 2.07. The molecule has 0 amide bonds. The van der Waals surface area contributed by atoms with E-state index in [0.29, 0.717) is 0 Å². The third-order valence-corrected chi connectivity index (χ3v) is 3.71. The number of rotatable bonds is 0. The summed E-state index contributed by atoms with van der Waals surface area (Å²) in [6.07, 6.45) is 2.32. The second kappa shape index (κ2) is 2.10. The topological polar surface area (TPSA) is 0 Å². The molecule has 1 aliphatic heterocycles. The second-order valence-electron chi connectivity index (χ2n) is 2.87. The monoisotopic (exact) mass is 146 g/mol. The Bertz CT molecular complexity index is 287. The van der Waals surface area contributed by atoms with Crippen molar-refractivity contribution in [3.05, 3.63) is 35.0 Å². The van der Waals surface area contributed by atoms with E-state index in [1.165, 1.54) is 5.56 Å². The summed E-state index contributed by atoms with van der Waals surface area (Å²) in [6, 6.07) is 8.72. The van der Waals surface area contributed by atoms with Gasteiger partial charge in [-0.15, -0.1) is 0 Å². The van der Waals surface area contributed by atoms with Crippen LogP contribution in [0.1, 0.15) is 12.5 Å². The van der Waals surface area contributed by atoms with Gasteiger partial charge < -0.3 is 0 Å². The fraction of sp³-hybridized carbons (Fsp3) is 0.111. The van der Waals surface area contributed by atoms with Crippen LogP contribution in [0.3, 0.4) is 0 Å². The minimum atomic E-state index is -0.0229. The van der Waals surface area contributed by atoms with Crippen molar-refractivity contribution in [2.24, 2.45) is 0 Å². The van der Waals surface area contributed by atoms with Crippen LogP contribution in [0.5, 0.6) is 0 Å². The third kappa shape index (κ3) is 0.829. The van der Waals surface area contributed by atoms with Crippen LogP contribution in [-0.2, 0) is 0 Å². The Morgan fingerprint density at radius 1 is 1.20 bits per heavy atom. The van der Waals surface area contributed by atoms with Gasteiger partial charge in [-0.05, 0) is 12.5 Å². The zero-order chi connectivity index (χ0) is 6.97. The van der Waals surface area contributed by atoms with Gasteiger partial charge in [0, 0.05) is 0 Å². The van der Waals surface area contributed by atoms with E-state index >= 15 is 0 Å². The highest BCUT2D eigenvalue weighted by Crippen LogP contribution is 2.09. The molecule has 50 valence electrons. The first-order chi connectivity index (χ1) is 4.86. The summed E-state index contributed by atoms with van der Waals surface area (Å²) in [7, 11) is -0.0229. The van der Waals surface area contributed by atoms with Crippen LogP contribution < -0.4 is 5.19 Å². The Hall–Kier alpha value is -0.823. The zero-order valence-electron chi connectivity index (χ0n) is 6.09.